The second-order valence-electron chi connectivity index (χ2n) is 5.36. The average molecular weight is 305 g/mol. The first kappa shape index (κ1) is 14.3. The number of ether oxygens (including phenoxy) is 1. The highest BCUT2D eigenvalue weighted by Crippen LogP contribution is 2.25. The molecule has 0 spiro atoms. The van der Waals surface area contributed by atoms with Gasteiger partial charge in [0.05, 0.1) is 5.39 Å². The quantitative estimate of drug-likeness (QED) is 0.882. The van der Waals surface area contributed by atoms with Gasteiger partial charge in [-0.1, -0.05) is 25.7 Å². The van der Waals surface area contributed by atoms with Crippen LogP contribution in [0.5, 0.6) is 5.88 Å². The molecule has 1 N–H and O–H groups in total. The third-order valence-corrected chi connectivity index (χ3v) is 4.61. The first-order chi connectivity index (χ1) is 10.3. The maximum atomic E-state index is 12.0. The van der Waals surface area contributed by atoms with E-state index in [2.05, 4.69) is 15.3 Å². The minimum absolute atomic E-state index is 0.0124. The number of rotatable bonds is 4. The fourth-order valence-electron chi connectivity index (χ4n) is 2.71. The van der Waals surface area contributed by atoms with Crippen LogP contribution in [0.2, 0.25) is 0 Å². The van der Waals surface area contributed by atoms with Gasteiger partial charge < -0.3 is 10.1 Å². The number of hydrogen-bond donors (Lipinski definition) is 1. The van der Waals surface area contributed by atoms with Crippen molar-refractivity contribution < 1.29 is 9.53 Å². The molecule has 0 aliphatic heterocycles. The van der Waals surface area contributed by atoms with E-state index in [9.17, 15) is 4.79 Å². The highest BCUT2D eigenvalue weighted by atomic mass is 32.1. The summed E-state index contributed by atoms with van der Waals surface area (Å²) >= 11 is 1.53. The molecule has 1 fully saturated rings. The fraction of sp³-hybridized carbons (Fsp3) is 0.533. The van der Waals surface area contributed by atoms with Crippen LogP contribution in [0.4, 0.5) is 0 Å². The molecule has 21 heavy (non-hydrogen) atoms. The molecule has 0 unspecified atom stereocenters. The molecule has 0 atom stereocenters. The normalized spacial score (nSPS) is 16.6. The van der Waals surface area contributed by atoms with Gasteiger partial charge in [0.2, 0.25) is 5.88 Å². The topological polar surface area (TPSA) is 64.1 Å². The van der Waals surface area contributed by atoms with Gasteiger partial charge in [0.25, 0.3) is 5.91 Å². The van der Waals surface area contributed by atoms with Crippen molar-refractivity contribution in [3.05, 3.63) is 17.8 Å². The van der Waals surface area contributed by atoms with Crippen molar-refractivity contribution >= 4 is 27.5 Å². The van der Waals surface area contributed by atoms with Gasteiger partial charge in [-0.3, -0.25) is 4.79 Å². The second kappa shape index (κ2) is 6.85. The SMILES string of the molecule is O=C(COc1ncnc2sccc12)NC1CCCCCC1. The van der Waals surface area contributed by atoms with Crippen LogP contribution < -0.4 is 10.1 Å². The summed E-state index contributed by atoms with van der Waals surface area (Å²) in [6.07, 6.45) is 8.58. The molecule has 1 aliphatic carbocycles. The molecule has 0 saturated heterocycles. The molecule has 0 bridgehead atoms. The van der Waals surface area contributed by atoms with Crippen LogP contribution in [0.25, 0.3) is 10.2 Å². The minimum atomic E-state index is -0.0658. The largest absolute Gasteiger partial charge is 0.467 e. The lowest BCUT2D eigenvalue weighted by Gasteiger charge is -2.16. The second-order valence-corrected chi connectivity index (χ2v) is 6.26. The Morgan fingerprint density at radius 3 is 2.90 bits per heavy atom. The van der Waals surface area contributed by atoms with Crippen LogP contribution in [0.15, 0.2) is 17.8 Å². The molecular formula is C15H19N3O2S. The standard InChI is InChI=1S/C15H19N3O2S/c19-13(18-11-5-3-1-2-4-6-11)9-20-14-12-7-8-21-15(12)17-10-16-14/h7-8,10-11H,1-6,9H2,(H,18,19). The van der Waals surface area contributed by atoms with Crippen LogP contribution >= 0.6 is 11.3 Å². The van der Waals surface area contributed by atoms with Crippen molar-refractivity contribution in [2.45, 2.75) is 44.6 Å². The number of nitrogens with one attached hydrogen (secondary N) is 1. The summed E-state index contributed by atoms with van der Waals surface area (Å²) in [6, 6.07) is 2.22. The van der Waals surface area contributed by atoms with Crippen molar-refractivity contribution in [3.63, 3.8) is 0 Å². The van der Waals surface area contributed by atoms with Crippen molar-refractivity contribution in [1.29, 1.82) is 0 Å². The Morgan fingerprint density at radius 1 is 1.29 bits per heavy atom. The number of aromatic nitrogens is 2. The monoisotopic (exact) mass is 305 g/mol. The molecule has 2 heterocycles. The zero-order chi connectivity index (χ0) is 14.5. The number of carbonyl (C=O) groups excluding carboxylic acids is 1. The Morgan fingerprint density at radius 2 is 2.10 bits per heavy atom. The summed E-state index contributed by atoms with van der Waals surface area (Å²) in [6.45, 7) is 0.0124. The maximum absolute atomic E-state index is 12.0. The lowest BCUT2D eigenvalue weighted by atomic mass is 10.1. The highest BCUT2D eigenvalue weighted by molar-refractivity contribution is 7.16. The molecule has 6 heteroatoms. The summed E-state index contributed by atoms with van der Waals surface area (Å²) in [7, 11) is 0. The van der Waals surface area contributed by atoms with Gasteiger partial charge in [-0.2, -0.15) is 0 Å². The minimum Gasteiger partial charge on any atom is -0.467 e. The van der Waals surface area contributed by atoms with E-state index in [0.717, 1.165) is 23.1 Å². The van der Waals surface area contributed by atoms with E-state index < -0.39 is 0 Å². The smallest absolute Gasteiger partial charge is 0.258 e. The van der Waals surface area contributed by atoms with Gasteiger partial charge >= 0.3 is 0 Å². The molecule has 1 saturated carbocycles. The third kappa shape index (κ3) is 3.69. The molecular weight excluding hydrogens is 286 g/mol. The van der Waals surface area contributed by atoms with Gasteiger partial charge in [0.15, 0.2) is 6.61 Å². The third-order valence-electron chi connectivity index (χ3n) is 3.79. The molecule has 112 valence electrons. The summed E-state index contributed by atoms with van der Waals surface area (Å²) in [5.74, 6) is 0.418. The molecule has 0 aromatic carbocycles. The molecule has 2 aromatic heterocycles. The van der Waals surface area contributed by atoms with Crippen molar-refractivity contribution in [1.82, 2.24) is 15.3 Å². The Hall–Kier alpha value is -1.69. The maximum Gasteiger partial charge on any atom is 0.258 e. The van der Waals surface area contributed by atoms with Gasteiger partial charge in [-0.05, 0) is 24.3 Å². The summed E-state index contributed by atoms with van der Waals surface area (Å²) in [5, 5.41) is 5.87. The van der Waals surface area contributed by atoms with E-state index in [-0.39, 0.29) is 12.5 Å². The van der Waals surface area contributed by atoms with Gasteiger partial charge in [0, 0.05) is 6.04 Å². The van der Waals surface area contributed by atoms with Crippen molar-refractivity contribution in [3.8, 4) is 5.88 Å². The van der Waals surface area contributed by atoms with E-state index in [1.165, 1.54) is 43.3 Å². The number of thiophene rings is 1. The number of hydrogen-bond acceptors (Lipinski definition) is 5. The van der Waals surface area contributed by atoms with E-state index in [0.29, 0.717) is 11.9 Å². The van der Waals surface area contributed by atoms with Crippen LogP contribution in [-0.4, -0.2) is 28.5 Å². The van der Waals surface area contributed by atoms with Crippen molar-refractivity contribution in [2.75, 3.05) is 6.61 Å². The van der Waals surface area contributed by atoms with Crippen LogP contribution in [0, 0.1) is 0 Å². The Kier molecular flexibility index (Phi) is 4.65. The van der Waals surface area contributed by atoms with Gasteiger partial charge in [-0.25, -0.2) is 9.97 Å². The molecule has 2 aromatic rings. The van der Waals surface area contributed by atoms with Crippen LogP contribution in [0.3, 0.4) is 0 Å². The number of amides is 1. The zero-order valence-electron chi connectivity index (χ0n) is 11.9. The predicted molar refractivity (Wildman–Crippen MR) is 82.5 cm³/mol. The molecule has 0 radical (unpaired) electrons. The van der Waals surface area contributed by atoms with Gasteiger partial charge in [-0.15, -0.1) is 11.3 Å². The molecule has 5 nitrogen and oxygen atoms in total. The van der Waals surface area contributed by atoms with E-state index in [4.69, 9.17) is 4.74 Å². The van der Waals surface area contributed by atoms with E-state index >= 15 is 0 Å². The van der Waals surface area contributed by atoms with Gasteiger partial charge in [0.1, 0.15) is 11.2 Å². The average Bonchev–Trinajstić information content (AvgIpc) is 2.83. The van der Waals surface area contributed by atoms with E-state index in [1.807, 2.05) is 11.4 Å². The summed E-state index contributed by atoms with van der Waals surface area (Å²) in [4.78, 5) is 21.1. The van der Waals surface area contributed by atoms with Crippen molar-refractivity contribution in [2.24, 2.45) is 0 Å². The number of carbonyl (C=O) groups is 1. The number of nitrogens with zero attached hydrogens (tertiary/aromatic N) is 2. The summed E-state index contributed by atoms with van der Waals surface area (Å²) in [5.41, 5.74) is 0. The summed E-state index contributed by atoms with van der Waals surface area (Å²) < 4.78 is 5.56. The Bertz CT molecular complexity index is 606. The lowest BCUT2D eigenvalue weighted by molar-refractivity contribution is -0.123. The molecule has 1 aliphatic rings. The Labute approximate surface area is 127 Å². The number of fused-ring (bicyclic) bond motifs is 1. The molecule has 1 amide bonds. The highest BCUT2D eigenvalue weighted by Gasteiger charge is 2.15. The predicted octanol–water partition coefficient (Wildman–Crippen LogP) is 2.91. The van der Waals surface area contributed by atoms with E-state index in [1.54, 1.807) is 0 Å². The van der Waals surface area contributed by atoms with Crippen LogP contribution in [-0.2, 0) is 4.79 Å². The Balaban J connectivity index is 1.54. The molecule has 3 rings (SSSR count). The first-order valence-electron chi connectivity index (χ1n) is 7.43. The van der Waals surface area contributed by atoms with Crippen LogP contribution in [0.1, 0.15) is 38.5 Å². The first-order valence-corrected chi connectivity index (χ1v) is 8.31. The lowest BCUT2D eigenvalue weighted by Crippen LogP contribution is -2.37. The fourth-order valence-corrected chi connectivity index (χ4v) is 3.43. The zero-order valence-corrected chi connectivity index (χ0v) is 12.7.